The lowest BCUT2D eigenvalue weighted by atomic mass is 10.1. The number of hydrogen-bond acceptors (Lipinski definition) is 7. The van der Waals surface area contributed by atoms with E-state index in [1.165, 1.54) is 32.1 Å². The summed E-state index contributed by atoms with van der Waals surface area (Å²) < 4.78 is 17.2. The topological polar surface area (TPSA) is 102 Å². The van der Waals surface area contributed by atoms with E-state index >= 15 is 0 Å². The fourth-order valence-corrected chi connectivity index (χ4v) is 7.24. The number of unbranched alkanes of at least 4 members (excludes halogenated alkanes) is 13. The molecule has 0 aromatic rings. The second-order valence-corrected chi connectivity index (χ2v) is 18.7. The number of rotatable bonds is 47. The molecule has 0 radical (unpaired) electrons. The summed E-state index contributed by atoms with van der Waals surface area (Å²) in [6, 6.07) is -0.739. The zero-order valence-electron chi connectivity index (χ0n) is 44.4. The van der Waals surface area contributed by atoms with Gasteiger partial charge in [0.1, 0.15) is 12.6 Å². The Labute approximate surface area is 422 Å². The highest BCUT2D eigenvalue weighted by molar-refractivity contribution is 5.70. The summed E-state index contributed by atoms with van der Waals surface area (Å²) >= 11 is 0. The van der Waals surface area contributed by atoms with Crippen LogP contribution in [-0.4, -0.2) is 75.5 Å². The zero-order valence-corrected chi connectivity index (χ0v) is 44.4. The maximum absolute atomic E-state index is 12.8. The van der Waals surface area contributed by atoms with E-state index in [1.54, 1.807) is 21.1 Å². The smallest absolute Gasteiger partial charge is 0.306 e. The van der Waals surface area contributed by atoms with Gasteiger partial charge in [0, 0.05) is 19.3 Å². The van der Waals surface area contributed by atoms with Gasteiger partial charge in [-0.3, -0.25) is 9.59 Å². The number of carbonyl (C=O) groups excluding carboxylic acids is 3. The molecule has 0 aliphatic heterocycles. The molecule has 69 heavy (non-hydrogen) atoms. The summed E-state index contributed by atoms with van der Waals surface area (Å²) in [5.74, 6) is -1.78. The van der Waals surface area contributed by atoms with E-state index in [-0.39, 0.29) is 42.7 Å². The van der Waals surface area contributed by atoms with Gasteiger partial charge < -0.3 is 28.6 Å². The van der Waals surface area contributed by atoms with Crippen LogP contribution in [0.25, 0.3) is 0 Å². The Morgan fingerprint density at radius 2 is 0.768 bits per heavy atom. The Morgan fingerprint density at radius 3 is 1.13 bits per heavy atom. The van der Waals surface area contributed by atoms with E-state index in [1.807, 2.05) is 0 Å². The molecule has 0 aromatic carbocycles. The number of esters is 2. The van der Waals surface area contributed by atoms with Gasteiger partial charge in [0.05, 0.1) is 40.3 Å². The van der Waals surface area contributed by atoms with Crippen LogP contribution in [0.5, 0.6) is 0 Å². The molecule has 2 unspecified atom stereocenters. The highest BCUT2D eigenvalue weighted by atomic mass is 16.6. The lowest BCUT2D eigenvalue weighted by Gasteiger charge is -2.34. The van der Waals surface area contributed by atoms with Gasteiger partial charge in [-0.05, 0) is 103 Å². The number of nitrogens with zero attached hydrogens (tertiary/aromatic N) is 1. The minimum Gasteiger partial charge on any atom is -0.544 e. The Hall–Kier alpha value is -4.27. The van der Waals surface area contributed by atoms with Crippen molar-refractivity contribution in [3.8, 4) is 0 Å². The number of allylic oxidation sites excluding steroid dienone is 20. The molecular formula is C61H99NO7. The van der Waals surface area contributed by atoms with E-state index < -0.39 is 18.1 Å². The van der Waals surface area contributed by atoms with E-state index in [2.05, 4.69) is 135 Å². The lowest BCUT2D eigenvalue weighted by Crippen LogP contribution is -2.55. The molecule has 0 saturated heterocycles. The van der Waals surface area contributed by atoms with Gasteiger partial charge >= 0.3 is 11.9 Å². The van der Waals surface area contributed by atoms with Crippen LogP contribution < -0.4 is 5.11 Å². The Morgan fingerprint density at radius 1 is 0.435 bits per heavy atom. The van der Waals surface area contributed by atoms with Gasteiger partial charge in [-0.2, -0.15) is 0 Å². The second kappa shape index (κ2) is 50.1. The van der Waals surface area contributed by atoms with E-state index in [0.717, 1.165) is 128 Å². The highest BCUT2D eigenvalue weighted by Crippen LogP contribution is 2.14. The van der Waals surface area contributed by atoms with Crippen LogP contribution in [0.4, 0.5) is 0 Å². The molecule has 8 nitrogen and oxygen atoms in total. The van der Waals surface area contributed by atoms with Crippen molar-refractivity contribution < 1.29 is 38.2 Å². The molecule has 0 bridgehead atoms. The first-order valence-electron chi connectivity index (χ1n) is 27.1. The number of carbonyl (C=O) groups is 3. The molecule has 0 saturated carbocycles. The number of aliphatic carboxylic acids is 1. The van der Waals surface area contributed by atoms with Gasteiger partial charge in [-0.25, -0.2) is 0 Å². The van der Waals surface area contributed by atoms with Crippen LogP contribution in [0.1, 0.15) is 194 Å². The fourth-order valence-electron chi connectivity index (χ4n) is 7.24. The number of carboxylic acid groups (broad SMARTS) is 1. The normalized spacial score (nSPS) is 13.8. The minimum atomic E-state index is -1.13. The summed E-state index contributed by atoms with van der Waals surface area (Å²) in [5, 5.41) is 11.7. The van der Waals surface area contributed by atoms with Crippen molar-refractivity contribution in [2.45, 2.75) is 206 Å². The van der Waals surface area contributed by atoms with Crippen LogP contribution >= 0.6 is 0 Å². The van der Waals surface area contributed by atoms with Gasteiger partial charge in [0.2, 0.25) is 0 Å². The quantitative estimate of drug-likeness (QED) is 0.0259. The molecule has 0 aliphatic carbocycles. The molecular weight excluding hydrogens is 859 g/mol. The summed E-state index contributed by atoms with van der Waals surface area (Å²) in [5.41, 5.74) is 0. The van der Waals surface area contributed by atoms with Crippen LogP contribution in [0.3, 0.4) is 0 Å². The van der Waals surface area contributed by atoms with Crippen molar-refractivity contribution in [1.29, 1.82) is 0 Å². The Bertz CT molecular complexity index is 1540. The van der Waals surface area contributed by atoms with Gasteiger partial charge in [0.15, 0.2) is 6.10 Å². The van der Waals surface area contributed by atoms with Crippen LogP contribution in [0.15, 0.2) is 122 Å². The van der Waals surface area contributed by atoms with E-state index in [4.69, 9.17) is 14.2 Å². The Balaban J connectivity index is 4.31. The average Bonchev–Trinajstić information content (AvgIpc) is 3.31. The molecule has 2 atom stereocenters. The summed E-state index contributed by atoms with van der Waals surface area (Å²) in [6.45, 7) is 4.40. The van der Waals surface area contributed by atoms with Crippen molar-refractivity contribution in [3.63, 3.8) is 0 Å². The van der Waals surface area contributed by atoms with E-state index in [9.17, 15) is 19.5 Å². The van der Waals surface area contributed by atoms with Crippen molar-refractivity contribution in [2.75, 3.05) is 41.0 Å². The van der Waals surface area contributed by atoms with Gasteiger partial charge in [-0.15, -0.1) is 0 Å². The molecule has 0 heterocycles. The van der Waals surface area contributed by atoms with Crippen molar-refractivity contribution in [3.05, 3.63) is 122 Å². The third-order valence-electron chi connectivity index (χ3n) is 11.3. The van der Waals surface area contributed by atoms with Gasteiger partial charge in [-0.1, -0.05) is 193 Å². The van der Waals surface area contributed by atoms with Crippen LogP contribution in [0, 0.1) is 0 Å². The summed E-state index contributed by atoms with van der Waals surface area (Å²) in [4.78, 5) is 37.1. The van der Waals surface area contributed by atoms with Gasteiger partial charge in [0.25, 0.3) is 0 Å². The van der Waals surface area contributed by atoms with Crippen molar-refractivity contribution in [2.24, 2.45) is 0 Å². The van der Waals surface area contributed by atoms with E-state index in [0.29, 0.717) is 12.8 Å². The van der Waals surface area contributed by atoms with Crippen LogP contribution in [0.2, 0.25) is 0 Å². The third kappa shape index (κ3) is 48.5. The van der Waals surface area contributed by atoms with Crippen LogP contribution in [-0.2, 0) is 28.6 Å². The molecule has 0 amide bonds. The van der Waals surface area contributed by atoms with Crippen molar-refractivity contribution in [1.82, 2.24) is 0 Å². The fraction of sp³-hybridized carbons (Fsp3) is 0.623. The Kier molecular flexibility index (Phi) is 47.0. The number of ether oxygens (including phenoxy) is 3. The zero-order chi connectivity index (χ0) is 50.6. The number of quaternary nitrogens is 1. The third-order valence-corrected chi connectivity index (χ3v) is 11.3. The molecule has 0 N–H and O–H groups in total. The molecule has 8 heteroatoms. The second-order valence-electron chi connectivity index (χ2n) is 18.7. The number of carboxylic acids is 1. The number of likely N-dealkylation sites (N-methyl/N-ethyl adjacent to an activating group) is 1. The molecule has 0 fully saturated rings. The molecule has 0 aliphatic rings. The standard InChI is InChI=1S/C61H99NO7/c1-6-8-10-12-14-16-18-20-22-24-26-28-30-32-34-36-38-40-42-44-46-48-50-52-60(64)69-57(55-67-54-53-58(61(65)66)62(3,4)5)56-68-59(63)51-49-47-45-43-41-39-37-35-33-31-29-27-25-23-21-19-17-15-13-11-9-7-2/h8-11,14-17,20-23,26-29,32-35,57-58H,6-7,12-13,18-19,24-25,30-31,36-56H2,1-5H3/b10-8+,11-9+,16-14+,17-15+,22-20+,23-21+,28-26+,29-27+,34-32+,35-33+. The monoisotopic (exact) mass is 958 g/mol. The maximum Gasteiger partial charge on any atom is 0.306 e. The molecule has 0 spiro atoms. The largest absolute Gasteiger partial charge is 0.544 e. The predicted molar refractivity (Wildman–Crippen MR) is 291 cm³/mol. The average molecular weight is 958 g/mol. The summed E-state index contributed by atoms with van der Waals surface area (Å²) in [7, 11) is 5.40. The summed E-state index contributed by atoms with van der Waals surface area (Å²) in [6.07, 6.45) is 70.8. The SMILES string of the molecule is CC/C=C/C/C=C/C/C=C/C/C=C/C/C=C/CCCCCCCCCC(=O)OC(COCCC(C(=O)[O-])[N+](C)(C)C)COC(=O)CCCCCCCC/C=C/C/C=C/C/C=C/C/C=C/C/C=C/CC. The molecule has 390 valence electrons. The highest BCUT2D eigenvalue weighted by Gasteiger charge is 2.25. The first kappa shape index (κ1) is 64.7. The molecule has 0 rings (SSSR count). The minimum absolute atomic E-state index is 0.0230. The molecule has 0 aromatic heterocycles. The van der Waals surface area contributed by atoms with Crippen molar-refractivity contribution >= 4 is 17.9 Å². The predicted octanol–water partition coefficient (Wildman–Crippen LogP) is 14.8. The first-order valence-corrected chi connectivity index (χ1v) is 27.1. The first-order chi connectivity index (χ1) is 33.6. The number of hydrogen-bond donors (Lipinski definition) is 0. The lowest BCUT2D eigenvalue weighted by molar-refractivity contribution is -0.889. The maximum atomic E-state index is 12.8.